The Labute approximate surface area is 251 Å². The van der Waals surface area contributed by atoms with E-state index >= 15 is 0 Å². The molecule has 8 aromatic rings. The van der Waals surface area contributed by atoms with E-state index in [0.717, 1.165) is 17.1 Å². The van der Waals surface area contributed by atoms with Crippen LogP contribution in [0.4, 0.5) is 17.1 Å². The molecular formula is C40H33N3. The highest BCUT2D eigenvalue weighted by Gasteiger charge is 2.22. The fourth-order valence-corrected chi connectivity index (χ4v) is 6.80. The molecule has 8 rings (SSSR count). The van der Waals surface area contributed by atoms with Gasteiger partial charge in [0.1, 0.15) is 0 Å². The largest absolute Gasteiger partial charge is 0.335 e. The first-order chi connectivity index (χ1) is 21.0. The molecule has 43 heavy (non-hydrogen) atoms. The summed E-state index contributed by atoms with van der Waals surface area (Å²) in [4.78, 5) is 2.39. The third-order valence-electron chi connectivity index (χ3n) is 8.53. The molecule has 0 aliphatic carbocycles. The highest BCUT2D eigenvalue weighted by molar-refractivity contribution is 6.12. The van der Waals surface area contributed by atoms with Gasteiger partial charge < -0.3 is 14.0 Å². The highest BCUT2D eigenvalue weighted by atomic mass is 15.1. The van der Waals surface area contributed by atoms with Gasteiger partial charge in [0.15, 0.2) is 0 Å². The number of hydrogen-bond acceptors (Lipinski definition) is 1. The van der Waals surface area contributed by atoms with Gasteiger partial charge in [0, 0.05) is 60.9 Å². The zero-order valence-electron chi connectivity index (χ0n) is 24.7. The second-order valence-electron chi connectivity index (χ2n) is 12.3. The van der Waals surface area contributed by atoms with Gasteiger partial charge in [-0.3, -0.25) is 0 Å². The van der Waals surface area contributed by atoms with Crippen molar-refractivity contribution in [1.82, 2.24) is 9.13 Å². The van der Waals surface area contributed by atoms with Gasteiger partial charge in [-0.25, -0.2) is 0 Å². The Kier molecular flexibility index (Phi) is 5.70. The molecule has 0 atom stereocenters. The average molecular weight is 556 g/mol. The van der Waals surface area contributed by atoms with Crippen LogP contribution in [0.25, 0.3) is 49.3 Å². The predicted molar refractivity (Wildman–Crippen MR) is 183 cm³/mol. The van der Waals surface area contributed by atoms with E-state index in [4.69, 9.17) is 0 Å². The third kappa shape index (κ3) is 4.04. The lowest BCUT2D eigenvalue weighted by molar-refractivity contribution is 0.423. The van der Waals surface area contributed by atoms with Gasteiger partial charge in [0.25, 0.3) is 0 Å². The first-order valence-corrected chi connectivity index (χ1v) is 15.0. The maximum Gasteiger partial charge on any atom is 0.0542 e. The average Bonchev–Trinajstić information content (AvgIpc) is 3.55. The van der Waals surface area contributed by atoms with E-state index in [1.807, 2.05) is 0 Å². The van der Waals surface area contributed by atoms with Gasteiger partial charge in [-0.05, 0) is 93.6 Å². The SMILES string of the molecule is CC(C)(C)n1c2ccccc2c2cc(N(c3ccccc3)c3ccc4c(c3)c3ccccc3n4-c3ccccc3)ccc21. The lowest BCUT2D eigenvalue weighted by Crippen LogP contribution is -2.21. The zero-order valence-corrected chi connectivity index (χ0v) is 24.7. The summed E-state index contributed by atoms with van der Waals surface area (Å²) in [6.07, 6.45) is 0. The summed E-state index contributed by atoms with van der Waals surface area (Å²) in [6, 6.07) is 52.7. The highest BCUT2D eigenvalue weighted by Crippen LogP contribution is 2.42. The molecule has 3 nitrogen and oxygen atoms in total. The van der Waals surface area contributed by atoms with E-state index in [0.29, 0.717) is 0 Å². The number of nitrogens with zero attached hydrogens (tertiary/aromatic N) is 3. The van der Waals surface area contributed by atoms with Crippen molar-refractivity contribution in [3.05, 3.63) is 146 Å². The number of hydrogen-bond donors (Lipinski definition) is 0. The standard InChI is InChI=1S/C40H33N3/c1-40(2,3)43-38-21-13-11-19-33(38)35-27-31(23-25-39(35)43)41(28-14-6-4-7-15-28)30-22-24-37-34(26-30)32-18-10-12-20-36(32)42(37)29-16-8-5-9-17-29/h4-27H,1-3H3. The zero-order chi connectivity index (χ0) is 29.1. The van der Waals surface area contributed by atoms with Crippen LogP contribution in [0, 0.1) is 0 Å². The summed E-state index contributed by atoms with van der Waals surface area (Å²) < 4.78 is 4.84. The number of para-hydroxylation sites is 4. The summed E-state index contributed by atoms with van der Waals surface area (Å²) in [5.74, 6) is 0. The molecule has 0 unspecified atom stereocenters. The van der Waals surface area contributed by atoms with E-state index < -0.39 is 0 Å². The normalized spacial score (nSPS) is 12.1. The minimum atomic E-state index is -0.0417. The molecule has 0 fully saturated rings. The minimum absolute atomic E-state index is 0.0417. The Bertz CT molecular complexity index is 2260. The molecule has 0 amide bonds. The number of benzene rings is 6. The third-order valence-corrected chi connectivity index (χ3v) is 8.53. The lowest BCUT2D eigenvalue weighted by Gasteiger charge is -2.27. The van der Waals surface area contributed by atoms with Crippen molar-refractivity contribution < 1.29 is 0 Å². The van der Waals surface area contributed by atoms with Crippen LogP contribution in [-0.2, 0) is 5.54 Å². The molecule has 208 valence electrons. The first kappa shape index (κ1) is 25.4. The van der Waals surface area contributed by atoms with Crippen molar-refractivity contribution in [2.75, 3.05) is 4.90 Å². The summed E-state index contributed by atoms with van der Waals surface area (Å²) >= 11 is 0. The fourth-order valence-electron chi connectivity index (χ4n) is 6.80. The molecule has 2 aromatic heterocycles. The van der Waals surface area contributed by atoms with Gasteiger partial charge in [-0.2, -0.15) is 0 Å². The van der Waals surface area contributed by atoms with Crippen LogP contribution in [0.3, 0.4) is 0 Å². The van der Waals surface area contributed by atoms with Gasteiger partial charge in [0.05, 0.1) is 11.0 Å². The molecule has 0 bridgehead atoms. The predicted octanol–water partition coefficient (Wildman–Crippen LogP) is 11.1. The van der Waals surface area contributed by atoms with Crippen molar-refractivity contribution in [2.24, 2.45) is 0 Å². The molecule has 3 heteroatoms. The maximum absolute atomic E-state index is 2.47. The van der Waals surface area contributed by atoms with Crippen LogP contribution in [0.15, 0.2) is 146 Å². The summed E-state index contributed by atoms with van der Waals surface area (Å²) in [5, 5.41) is 5.04. The van der Waals surface area contributed by atoms with Crippen molar-refractivity contribution in [1.29, 1.82) is 0 Å². The lowest BCUT2D eigenvalue weighted by atomic mass is 10.1. The van der Waals surface area contributed by atoms with Crippen LogP contribution in [0.2, 0.25) is 0 Å². The summed E-state index contributed by atoms with van der Waals surface area (Å²) in [7, 11) is 0. The Morgan fingerprint density at radius 3 is 1.53 bits per heavy atom. The Morgan fingerprint density at radius 2 is 0.884 bits per heavy atom. The van der Waals surface area contributed by atoms with E-state index in [-0.39, 0.29) is 5.54 Å². The van der Waals surface area contributed by atoms with Crippen molar-refractivity contribution in [3.63, 3.8) is 0 Å². The van der Waals surface area contributed by atoms with E-state index in [2.05, 4.69) is 180 Å². The number of fused-ring (bicyclic) bond motifs is 6. The van der Waals surface area contributed by atoms with Crippen LogP contribution >= 0.6 is 0 Å². The molecule has 0 radical (unpaired) electrons. The monoisotopic (exact) mass is 555 g/mol. The molecule has 2 heterocycles. The number of anilines is 3. The first-order valence-electron chi connectivity index (χ1n) is 15.0. The molecule has 0 saturated heterocycles. The van der Waals surface area contributed by atoms with Gasteiger partial charge in [0.2, 0.25) is 0 Å². The Morgan fingerprint density at radius 1 is 0.419 bits per heavy atom. The molecule has 0 spiro atoms. The van der Waals surface area contributed by atoms with E-state index in [1.54, 1.807) is 0 Å². The van der Waals surface area contributed by atoms with Crippen molar-refractivity contribution >= 4 is 60.7 Å². The number of aromatic nitrogens is 2. The van der Waals surface area contributed by atoms with Crippen LogP contribution in [0.1, 0.15) is 20.8 Å². The van der Waals surface area contributed by atoms with Crippen LogP contribution in [-0.4, -0.2) is 9.13 Å². The molecule has 0 aliphatic heterocycles. The number of rotatable bonds is 4. The molecule has 0 N–H and O–H groups in total. The van der Waals surface area contributed by atoms with Crippen molar-refractivity contribution in [2.45, 2.75) is 26.3 Å². The molecule has 0 aliphatic rings. The second-order valence-corrected chi connectivity index (χ2v) is 12.3. The topological polar surface area (TPSA) is 13.1 Å². The molecule has 0 saturated carbocycles. The summed E-state index contributed by atoms with van der Waals surface area (Å²) in [5.41, 5.74) is 9.47. The van der Waals surface area contributed by atoms with E-state index in [9.17, 15) is 0 Å². The van der Waals surface area contributed by atoms with Crippen LogP contribution < -0.4 is 4.90 Å². The summed E-state index contributed by atoms with van der Waals surface area (Å²) in [6.45, 7) is 6.85. The van der Waals surface area contributed by atoms with Gasteiger partial charge in [-0.1, -0.05) is 72.8 Å². The molecule has 6 aromatic carbocycles. The molecular weight excluding hydrogens is 522 g/mol. The van der Waals surface area contributed by atoms with Gasteiger partial charge >= 0.3 is 0 Å². The van der Waals surface area contributed by atoms with Crippen molar-refractivity contribution in [3.8, 4) is 5.69 Å². The van der Waals surface area contributed by atoms with Gasteiger partial charge in [-0.15, -0.1) is 0 Å². The Balaban J connectivity index is 1.38. The smallest absolute Gasteiger partial charge is 0.0542 e. The second kappa shape index (κ2) is 9.64. The Hall–Kier alpha value is -5.28. The maximum atomic E-state index is 2.47. The van der Waals surface area contributed by atoms with Crippen LogP contribution in [0.5, 0.6) is 0 Å². The minimum Gasteiger partial charge on any atom is -0.335 e. The fraction of sp³-hybridized carbons (Fsp3) is 0.100. The van der Waals surface area contributed by atoms with E-state index in [1.165, 1.54) is 49.3 Å². The quantitative estimate of drug-likeness (QED) is 0.210.